The quantitative estimate of drug-likeness (QED) is 0.526. The van der Waals surface area contributed by atoms with E-state index in [-0.39, 0.29) is 0 Å². The third-order valence-electron chi connectivity index (χ3n) is 5.96. The molecule has 1 saturated heterocycles. The Kier molecular flexibility index (Phi) is 8.33. The van der Waals surface area contributed by atoms with E-state index in [0.717, 1.165) is 32.1 Å². The van der Waals surface area contributed by atoms with E-state index in [9.17, 15) is 0 Å². The lowest BCUT2D eigenvalue weighted by molar-refractivity contribution is 0.139. The maximum absolute atomic E-state index is 4.91. The predicted octanol–water partition coefficient (Wildman–Crippen LogP) is 2.15. The first-order valence-corrected chi connectivity index (χ1v) is 10.2. The summed E-state index contributed by atoms with van der Waals surface area (Å²) in [5, 5.41) is 6.96. The number of rotatable bonds is 8. The van der Waals surface area contributed by atoms with Gasteiger partial charge in [0.25, 0.3) is 0 Å². The second-order valence-corrected chi connectivity index (χ2v) is 7.46. The molecule has 0 bridgehead atoms. The molecule has 0 amide bonds. The predicted molar refractivity (Wildman–Crippen MR) is 104 cm³/mol. The zero-order valence-corrected chi connectivity index (χ0v) is 16.2. The summed E-state index contributed by atoms with van der Waals surface area (Å²) in [6.45, 7) is 16.7. The second kappa shape index (κ2) is 10.2. The van der Waals surface area contributed by atoms with Gasteiger partial charge in [0.15, 0.2) is 5.96 Å². The molecule has 1 aliphatic heterocycles. The average molecular weight is 338 g/mol. The van der Waals surface area contributed by atoms with Crippen LogP contribution in [0.3, 0.4) is 0 Å². The van der Waals surface area contributed by atoms with Crippen molar-refractivity contribution in [2.45, 2.75) is 52.9 Å². The molecular weight excluding hydrogens is 298 g/mol. The first-order chi connectivity index (χ1) is 11.7. The SMILES string of the molecule is CCNC(=NCC1(CC)CCCC1)NCCN1CCN(CC)CC1. The van der Waals surface area contributed by atoms with Crippen molar-refractivity contribution in [2.24, 2.45) is 10.4 Å². The average Bonchev–Trinajstić information content (AvgIpc) is 3.10. The van der Waals surface area contributed by atoms with Crippen molar-refractivity contribution in [3.8, 4) is 0 Å². The van der Waals surface area contributed by atoms with Gasteiger partial charge < -0.3 is 15.5 Å². The smallest absolute Gasteiger partial charge is 0.191 e. The summed E-state index contributed by atoms with van der Waals surface area (Å²) in [4.78, 5) is 10.0. The Morgan fingerprint density at radius 2 is 1.62 bits per heavy atom. The maximum atomic E-state index is 4.91. The highest BCUT2D eigenvalue weighted by Gasteiger charge is 2.31. The van der Waals surface area contributed by atoms with Gasteiger partial charge in [0, 0.05) is 52.4 Å². The van der Waals surface area contributed by atoms with Crippen molar-refractivity contribution < 1.29 is 0 Å². The largest absolute Gasteiger partial charge is 0.357 e. The zero-order valence-electron chi connectivity index (χ0n) is 16.2. The number of hydrogen-bond donors (Lipinski definition) is 2. The van der Waals surface area contributed by atoms with E-state index in [2.05, 4.69) is 41.2 Å². The van der Waals surface area contributed by atoms with Crippen molar-refractivity contribution in [2.75, 3.05) is 58.9 Å². The van der Waals surface area contributed by atoms with Crippen LogP contribution in [0.2, 0.25) is 0 Å². The van der Waals surface area contributed by atoms with E-state index < -0.39 is 0 Å². The normalized spacial score (nSPS) is 22.7. The van der Waals surface area contributed by atoms with Crippen molar-refractivity contribution in [1.29, 1.82) is 0 Å². The fraction of sp³-hybridized carbons (Fsp3) is 0.947. The third-order valence-corrected chi connectivity index (χ3v) is 5.96. The van der Waals surface area contributed by atoms with Crippen LogP contribution in [0.15, 0.2) is 4.99 Å². The summed E-state index contributed by atoms with van der Waals surface area (Å²) in [5.41, 5.74) is 0.471. The van der Waals surface area contributed by atoms with Crippen LogP contribution in [-0.2, 0) is 0 Å². The van der Waals surface area contributed by atoms with E-state index in [1.54, 1.807) is 0 Å². The summed E-state index contributed by atoms with van der Waals surface area (Å²) in [7, 11) is 0. The lowest BCUT2D eigenvalue weighted by atomic mass is 9.84. The Labute approximate surface area is 149 Å². The Morgan fingerprint density at radius 3 is 2.21 bits per heavy atom. The Morgan fingerprint density at radius 1 is 0.958 bits per heavy atom. The summed E-state index contributed by atoms with van der Waals surface area (Å²) >= 11 is 0. The van der Waals surface area contributed by atoms with Crippen LogP contribution in [0.4, 0.5) is 0 Å². The Bertz CT molecular complexity index is 368. The van der Waals surface area contributed by atoms with Crippen LogP contribution in [0, 0.1) is 5.41 Å². The van der Waals surface area contributed by atoms with Gasteiger partial charge in [-0.15, -0.1) is 0 Å². The van der Waals surface area contributed by atoms with Crippen molar-refractivity contribution in [3.05, 3.63) is 0 Å². The molecule has 5 nitrogen and oxygen atoms in total. The molecule has 0 radical (unpaired) electrons. The van der Waals surface area contributed by atoms with E-state index in [4.69, 9.17) is 4.99 Å². The van der Waals surface area contributed by atoms with Crippen LogP contribution in [0.1, 0.15) is 52.9 Å². The minimum atomic E-state index is 0.471. The molecule has 2 rings (SSSR count). The van der Waals surface area contributed by atoms with Gasteiger partial charge in [-0.1, -0.05) is 26.7 Å². The van der Waals surface area contributed by atoms with Crippen molar-refractivity contribution >= 4 is 5.96 Å². The van der Waals surface area contributed by atoms with Gasteiger partial charge in [-0.05, 0) is 38.1 Å². The van der Waals surface area contributed by atoms with Gasteiger partial charge >= 0.3 is 0 Å². The Balaban J connectivity index is 1.73. The van der Waals surface area contributed by atoms with Gasteiger partial charge in [0.05, 0.1) is 0 Å². The lowest BCUT2D eigenvalue weighted by Crippen LogP contribution is -2.49. The molecule has 2 N–H and O–H groups in total. The molecule has 0 aromatic heterocycles. The fourth-order valence-corrected chi connectivity index (χ4v) is 4.00. The highest BCUT2D eigenvalue weighted by Crippen LogP contribution is 2.41. The second-order valence-electron chi connectivity index (χ2n) is 7.46. The summed E-state index contributed by atoms with van der Waals surface area (Å²) in [6, 6.07) is 0. The number of nitrogens with zero attached hydrogens (tertiary/aromatic N) is 3. The van der Waals surface area contributed by atoms with Crippen LogP contribution >= 0.6 is 0 Å². The molecule has 1 aliphatic carbocycles. The highest BCUT2D eigenvalue weighted by molar-refractivity contribution is 5.79. The standard InChI is InChI=1S/C19H39N5/c1-4-19(9-7-8-10-19)17-22-18(20-5-2)21-11-12-24-15-13-23(6-3)14-16-24/h4-17H2,1-3H3,(H2,20,21,22). The minimum Gasteiger partial charge on any atom is -0.357 e. The minimum absolute atomic E-state index is 0.471. The number of hydrogen-bond acceptors (Lipinski definition) is 3. The first-order valence-electron chi connectivity index (χ1n) is 10.2. The lowest BCUT2D eigenvalue weighted by Gasteiger charge is -2.34. The number of nitrogens with one attached hydrogen (secondary N) is 2. The van der Waals surface area contributed by atoms with Crippen molar-refractivity contribution in [3.63, 3.8) is 0 Å². The van der Waals surface area contributed by atoms with Gasteiger partial charge in [-0.3, -0.25) is 9.89 Å². The molecule has 1 heterocycles. The first kappa shape index (κ1) is 19.5. The Hall–Kier alpha value is -0.810. The maximum Gasteiger partial charge on any atom is 0.191 e. The monoisotopic (exact) mass is 337 g/mol. The summed E-state index contributed by atoms with van der Waals surface area (Å²) in [6.07, 6.45) is 6.74. The zero-order chi connectivity index (χ0) is 17.3. The van der Waals surface area contributed by atoms with E-state index in [1.165, 1.54) is 64.8 Å². The van der Waals surface area contributed by atoms with E-state index >= 15 is 0 Å². The molecule has 1 saturated carbocycles. The van der Waals surface area contributed by atoms with Crippen LogP contribution in [0.5, 0.6) is 0 Å². The molecular formula is C19H39N5. The summed E-state index contributed by atoms with van der Waals surface area (Å²) in [5.74, 6) is 1.00. The number of likely N-dealkylation sites (N-methyl/N-ethyl adjacent to an activating group) is 1. The molecule has 0 aromatic carbocycles. The fourth-order valence-electron chi connectivity index (χ4n) is 4.00. The molecule has 2 fully saturated rings. The number of guanidine groups is 1. The van der Waals surface area contributed by atoms with Gasteiger partial charge in [0.2, 0.25) is 0 Å². The third kappa shape index (κ3) is 5.92. The van der Waals surface area contributed by atoms with Crippen LogP contribution in [0.25, 0.3) is 0 Å². The molecule has 0 aromatic rings. The van der Waals surface area contributed by atoms with Crippen LogP contribution < -0.4 is 10.6 Å². The van der Waals surface area contributed by atoms with Crippen molar-refractivity contribution in [1.82, 2.24) is 20.4 Å². The number of aliphatic imine (C=N–C) groups is 1. The highest BCUT2D eigenvalue weighted by atomic mass is 15.3. The topological polar surface area (TPSA) is 42.9 Å². The molecule has 0 atom stereocenters. The molecule has 24 heavy (non-hydrogen) atoms. The molecule has 0 unspecified atom stereocenters. The number of piperazine rings is 1. The molecule has 5 heteroatoms. The van der Waals surface area contributed by atoms with Crippen LogP contribution in [-0.4, -0.2) is 74.7 Å². The molecule has 140 valence electrons. The van der Waals surface area contributed by atoms with Gasteiger partial charge in [-0.25, -0.2) is 0 Å². The van der Waals surface area contributed by atoms with E-state index in [1.807, 2.05) is 0 Å². The van der Waals surface area contributed by atoms with E-state index in [0.29, 0.717) is 5.41 Å². The molecule has 2 aliphatic rings. The van der Waals surface area contributed by atoms with Gasteiger partial charge in [-0.2, -0.15) is 0 Å². The summed E-state index contributed by atoms with van der Waals surface area (Å²) < 4.78 is 0. The van der Waals surface area contributed by atoms with Gasteiger partial charge in [0.1, 0.15) is 0 Å². The molecule has 0 spiro atoms.